The van der Waals surface area contributed by atoms with Crippen LogP contribution in [-0.2, 0) is 0 Å². The Labute approximate surface area is 103 Å². The van der Waals surface area contributed by atoms with Crippen LogP contribution in [0.15, 0.2) is 0 Å². The Morgan fingerprint density at radius 2 is 1.69 bits per heavy atom. The van der Waals surface area contributed by atoms with Crippen molar-refractivity contribution < 1.29 is 0 Å². The van der Waals surface area contributed by atoms with E-state index >= 15 is 0 Å². The Morgan fingerprint density at radius 3 is 2.12 bits per heavy atom. The predicted molar refractivity (Wildman–Crippen MR) is 73.9 cm³/mol. The average Bonchev–Trinajstić information content (AvgIpc) is 2.31. The highest BCUT2D eigenvalue weighted by Gasteiger charge is 2.18. The maximum absolute atomic E-state index is 3.69. The largest absolute Gasteiger partial charge is 0.312 e. The molecule has 0 aromatic heterocycles. The minimum atomic E-state index is 0.643. The Kier molecular flexibility index (Phi) is 8.96. The summed E-state index contributed by atoms with van der Waals surface area (Å²) in [6.45, 7) is 13.8. The Hall–Kier alpha value is -0.0800. The van der Waals surface area contributed by atoms with Gasteiger partial charge in [0.25, 0.3) is 0 Å². The van der Waals surface area contributed by atoms with Gasteiger partial charge in [-0.3, -0.25) is 0 Å². The first kappa shape index (κ1) is 15.9. The summed E-state index contributed by atoms with van der Waals surface area (Å²) in [4.78, 5) is 2.49. The molecule has 0 heterocycles. The maximum Gasteiger partial charge on any atom is 0.0220 e. The van der Waals surface area contributed by atoms with Crippen LogP contribution in [-0.4, -0.2) is 37.1 Å². The molecule has 0 amide bonds. The van der Waals surface area contributed by atoms with E-state index in [0.717, 1.165) is 12.5 Å². The molecule has 98 valence electrons. The quantitative estimate of drug-likeness (QED) is 0.652. The molecule has 0 aromatic carbocycles. The highest BCUT2D eigenvalue weighted by molar-refractivity contribution is 4.77. The summed E-state index contributed by atoms with van der Waals surface area (Å²) in [6.07, 6.45) is 3.72. The van der Waals surface area contributed by atoms with Gasteiger partial charge >= 0.3 is 0 Å². The van der Waals surface area contributed by atoms with Crippen LogP contribution in [0.3, 0.4) is 0 Å². The van der Waals surface area contributed by atoms with Crippen LogP contribution in [0.5, 0.6) is 0 Å². The lowest BCUT2D eigenvalue weighted by Gasteiger charge is -2.32. The van der Waals surface area contributed by atoms with E-state index in [9.17, 15) is 0 Å². The van der Waals surface area contributed by atoms with E-state index < -0.39 is 0 Å². The molecule has 0 aliphatic heterocycles. The summed E-state index contributed by atoms with van der Waals surface area (Å²) in [5, 5.41) is 3.69. The summed E-state index contributed by atoms with van der Waals surface area (Å²) in [6, 6.07) is 1.33. The zero-order valence-corrected chi connectivity index (χ0v) is 12.2. The Morgan fingerprint density at radius 1 is 1.06 bits per heavy atom. The Bertz CT molecular complexity index is 159. The SMILES string of the molecule is CCCNC(CN(C)C(C)CC)C(C)CC. The van der Waals surface area contributed by atoms with Gasteiger partial charge in [0.1, 0.15) is 0 Å². The summed E-state index contributed by atoms with van der Waals surface area (Å²) < 4.78 is 0. The van der Waals surface area contributed by atoms with Crippen molar-refractivity contribution in [3.63, 3.8) is 0 Å². The van der Waals surface area contributed by atoms with Crippen LogP contribution in [0.25, 0.3) is 0 Å². The van der Waals surface area contributed by atoms with Gasteiger partial charge in [0.2, 0.25) is 0 Å². The molecule has 0 bridgehead atoms. The molecule has 0 saturated carbocycles. The third-order valence-electron chi connectivity index (χ3n) is 3.82. The molecule has 0 fully saturated rings. The van der Waals surface area contributed by atoms with Crippen LogP contribution >= 0.6 is 0 Å². The van der Waals surface area contributed by atoms with Crippen molar-refractivity contribution in [2.24, 2.45) is 5.92 Å². The molecule has 0 radical (unpaired) electrons. The van der Waals surface area contributed by atoms with Gasteiger partial charge in [-0.15, -0.1) is 0 Å². The van der Waals surface area contributed by atoms with Crippen LogP contribution in [0, 0.1) is 5.92 Å². The van der Waals surface area contributed by atoms with Gasteiger partial charge in [0.05, 0.1) is 0 Å². The van der Waals surface area contributed by atoms with Crippen LogP contribution < -0.4 is 5.32 Å². The topological polar surface area (TPSA) is 15.3 Å². The molecule has 0 saturated heterocycles. The molecule has 2 heteroatoms. The fourth-order valence-electron chi connectivity index (χ4n) is 1.86. The highest BCUT2D eigenvalue weighted by atomic mass is 15.1. The van der Waals surface area contributed by atoms with E-state index in [1.165, 1.54) is 25.8 Å². The summed E-state index contributed by atoms with van der Waals surface area (Å²) in [5.74, 6) is 0.762. The standard InChI is InChI=1S/C14H32N2/c1-7-10-15-14(12(4)8-2)11-16(6)13(5)9-3/h12-15H,7-11H2,1-6H3. The molecule has 2 nitrogen and oxygen atoms in total. The third kappa shape index (κ3) is 5.86. The lowest BCUT2D eigenvalue weighted by molar-refractivity contribution is 0.197. The van der Waals surface area contributed by atoms with E-state index in [1.54, 1.807) is 0 Å². The number of likely N-dealkylation sites (N-methyl/N-ethyl adjacent to an activating group) is 1. The van der Waals surface area contributed by atoms with Gasteiger partial charge in [-0.1, -0.05) is 34.1 Å². The van der Waals surface area contributed by atoms with Crippen molar-refractivity contribution in [2.45, 2.75) is 66.0 Å². The summed E-state index contributed by atoms with van der Waals surface area (Å²) in [5.41, 5.74) is 0. The Balaban J connectivity index is 4.18. The molecule has 16 heavy (non-hydrogen) atoms. The van der Waals surface area contributed by atoms with Gasteiger partial charge in [0.15, 0.2) is 0 Å². The molecular weight excluding hydrogens is 196 g/mol. The van der Waals surface area contributed by atoms with Crippen molar-refractivity contribution in [3.05, 3.63) is 0 Å². The average molecular weight is 228 g/mol. The fraction of sp³-hybridized carbons (Fsp3) is 1.00. The molecule has 0 rings (SSSR count). The number of hydrogen-bond acceptors (Lipinski definition) is 2. The first-order chi connectivity index (χ1) is 7.56. The second-order valence-electron chi connectivity index (χ2n) is 5.14. The predicted octanol–water partition coefficient (Wildman–Crippen LogP) is 3.13. The van der Waals surface area contributed by atoms with Crippen molar-refractivity contribution in [3.8, 4) is 0 Å². The summed E-state index contributed by atoms with van der Waals surface area (Å²) in [7, 11) is 2.25. The maximum atomic E-state index is 3.69. The van der Waals surface area contributed by atoms with Crippen LogP contribution in [0.1, 0.15) is 53.9 Å². The number of hydrogen-bond donors (Lipinski definition) is 1. The monoisotopic (exact) mass is 228 g/mol. The van der Waals surface area contributed by atoms with Gasteiger partial charge in [0, 0.05) is 18.6 Å². The zero-order chi connectivity index (χ0) is 12.6. The van der Waals surface area contributed by atoms with Crippen LogP contribution in [0.2, 0.25) is 0 Å². The first-order valence-corrected chi connectivity index (χ1v) is 7.00. The molecule has 0 aromatic rings. The van der Waals surface area contributed by atoms with Gasteiger partial charge in [-0.25, -0.2) is 0 Å². The van der Waals surface area contributed by atoms with E-state index in [4.69, 9.17) is 0 Å². The van der Waals surface area contributed by atoms with Crippen LogP contribution in [0.4, 0.5) is 0 Å². The van der Waals surface area contributed by atoms with Gasteiger partial charge in [-0.2, -0.15) is 0 Å². The normalized spacial score (nSPS) is 17.4. The second kappa shape index (κ2) is 9.00. The minimum Gasteiger partial charge on any atom is -0.312 e. The highest BCUT2D eigenvalue weighted by Crippen LogP contribution is 2.11. The molecule has 0 aliphatic carbocycles. The molecule has 0 spiro atoms. The third-order valence-corrected chi connectivity index (χ3v) is 3.82. The van der Waals surface area contributed by atoms with Gasteiger partial charge in [-0.05, 0) is 39.3 Å². The lowest BCUT2D eigenvalue weighted by Crippen LogP contribution is -2.46. The lowest BCUT2D eigenvalue weighted by atomic mass is 9.98. The van der Waals surface area contributed by atoms with E-state index in [1.807, 2.05) is 0 Å². The van der Waals surface area contributed by atoms with E-state index in [0.29, 0.717) is 12.1 Å². The van der Waals surface area contributed by atoms with Gasteiger partial charge < -0.3 is 10.2 Å². The number of nitrogens with zero attached hydrogens (tertiary/aromatic N) is 1. The number of rotatable bonds is 9. The van der Waals surface area contributed by atoms with Crippen molar-refractivity contribution >= 4 is 0 Å². The molecule has 0 aliphatic rings. The minimum absolute atomic E-state index is 0.643. The molecule has 1 N–H and O–H groups in total. The van der Waals surface area contributed by atoms with Crippen molar-refractivity contribution in [1.29, 1.82) is 0 Å². The summed E-state index contributed by atoms with van der Waals surface area (Å²) >= 11 is 0. The smallest absolute Gasteiger partial charge is 0.0220 e. The van der Waals surface area contributed by atoms with E-state index in [2.05, 4.69) is 51.9 Å². The van der Waals surface area contributed by atoms with Crippen molar-refractivity contribution in [2.75, 3.05) is 20.1 Å². The molecule has 3 atom stereocenters. The van der Waals surface area contributed by atoms with E-state index in [-0.39, 0.29) is 0 Å². The second-order valence-corrected chi connectivity index (χ2v) is 5.14. The van der Waals surface area contributed by atoms with Crippen molar-refractivity contribution in [1.82, 2.24) is 10.2 Å². The first-order valence-electron chi connectivity index (χ1n) is 7.00. The fourth-order valence-corrected chi connectivity index (χ4v) is 1.86. The number of nitrogens with one attached hydrogen (secondary N) is 1. The molecular formula is C14H32N2. The molecule has 3 unspecified atom stereocenters. The zero-order valence-electron chi connectivity index (χ0n) is 12.2.